The lowest BCUT2D eigenvalue weighted by atomic mass is 9.85. The molecule has 1 aromatic carbocycles. The number of hydrogen-bond donors (Lipinski definition) is 3. The highest BCUT2D eigenvalue weighted by Crippen LogP contribution is 2.26. The second-order valence-corrected chi connectivity index (χ2v) is 12.7. The van der Waals surface area contributed by atoms with Gasteiger partial charge in [-0.2, -0.15) is 0 Å². The highest BCUT2D eigenvalue weighted by Gasteiger charge is 2.42. The molecule has 0 unspecified atom stereocenters. The van der Waals surface area contributed by atoms with Crippen LogP contribution in [0.1, 0.15) is 50.5 Å². The first kappa shape index (κ1) is 29.8. The smallest absolute Gasteiger partial charge is 0.305 e. The molecule has 2 heterocycles. The summed E-state index contributed by atoms with van der Waals surface area (Å²) in [6, 6.07) is 7.74. The molecule has 3 N–H and O–H groups in total. The van der Waals surface area contributed by atoms with Crippen molar-refractivity contribution in [1.82, 2.24) is 20.5 Å². The number of rotatable bonds is 9. The molecule has 3 atom stereocenters. The van der Waals surface area contributed by atoms with Crippen LogP contribution >= 0.6 is 0 Å². The van der Waals surface area contributed by atoms with E-state index in [0.717, 1.165) is 23.1 Å². The zero-order valence-corrected chi connectivity index (χ0v) is 23.2. The fourth-order valence-corrected chi connectivity index (χ4v) is 4.86. The summed E-state index contributed by atoms with van der Waals surface area (Å²) in [5.41, 5.74) is 0.0821. The van der Waals surface area contributed by atoms with E-state index in [1.165, 1.54) is 4.90 Å². The normalized spacial score (nSPS) is 17.6. The minimum Gasteiger partial charge on any atom is -0.481 e. The van der Waals surface area contributed by atoms with Gasteiger partial charge in [-0.3, -0.25) is 19.2 Å². The summed E-state index contributed by atoms with van der Waals surface area (Å²) < 4.78 is 23.0. The Kier molecular flexibility index (Phi) is 9.10. The monoisotopic (exact) mass is 558 g/mol. The molecule has 3 amide bonds. The summed E-state index contributed by atoms with van der Waals surface area (Å²) in [6.45, 7) is 5.67. The number of benzene rings is 1. The van der Waals surface area contributed by atoms with E-state index in [0.29, 0.717) is 18.4 Å². The molecule has 2 aromatic rings. The van der Waals surface area contributed by atoms with Crippen LogP contribution in [-0.4, -0.2) is 78.0 Å². The van der Waals surface area contributed by atoms with Gasteiger partial charge in [0.15, 0.2) is 9.84 Å². The molecule has 1 aliphatic heterocycles. The summed E-state index contributed by atoms with van der Waals surface area (Å²) in [5.74, 6) is -2.80. The van der Waals surface area contributed by atoms with E-state index in [9.17, 15) is 32.7 Å². The number of nitrogens with zero attached hydrogens (tertiary/aromatic N) is 2. The first-order chi connectivity index (χ1) is 18.2. The molecule has 0 saturated carbocycles. The lowest BCUT2D eigenvalue weighted by molar-refractivity contribution is -0.142. The molecule has 12 heteroatoms. The van der Waals surface area contributed by atoms with E-state index in [1.807, 2.05) is 18.2 Å². The minimum atomic E-state index is -3.54. The van der Waals surface area contributed by atoms with Gasteiger partial charge in [0.25, 0.3) is 5.91 Å². The molecule has 210 valence electrons. The van der Waals surface area contributed by atoms with Crippen molar-refractivity contribution in [3.05, 3.63) is 53.6 Å². The maximum absolute atomic E-state index is 13.7. The van der Waals surface area contributed by atoms with Gasteiger partial charge in [0.05, 0.1) is 18.0 Å². The van der Waals surface area contributed by atoms with Crippen molar-refractivity contribution in [2.45, 2.75) is 58.2 Å². The molecule has 0 aliphatic carbocycles. The highest BCUT2D eigenvalue weighted by molar-refractivity contribution is 7.93. The summed E-state index contributed by atoms with van der Waals surface area (Å²) in [6.07, 6.45) is 2.40. The van der Waals surface area contributed by atoms with Crippen LogP contribution in [0.2, 0.25) is 0 Å². The first-order valence-corrected chi connectivity index (χ1v) is 14.5. The van der Waals surface area contributed by atoms with Gasteiger partial charge >= 0.3 is 5.97 Å². The number of aromatic nitrogens is 1. The van der Waals surface area contributed by atoms with Crippen LogP contribution in [0.4, 0.5) is 0 Å². The van der Waals surface area contributed by atoms with Crippen molar-refractivity contribution in [1.29, 1.82) is 0 Å². The average Bonchev–Trinajstić information content (AvgIpc) is 3.34. The standard InChI is InChI=1S/C27H34N4O7S/c1-27(2,3)23(30-24(34)20-12-11-17-8-5-6-9-19(17)29-20)26(36)31-14-7-10-21(31)25(35)28-18(16-22(32)33)13-15-39(4,37)38/h5-6,8-9,11-13,15,18,21,23H,7,10,14,16H2,1-4H3,(H,28,35)(H,30,34)(H,32,33)/t18-,21-,23-/m1/s1. The Morgan fingerprint density at radius 1 is 1.13 bits per heavy atom. The third-order valence-corrected chi connectivity index (χ3v) is 6.99. The van der Waals surface area contributed by atoms with Crippen LogP contribution in [0.3, 0.4) is 0 Å². The number of carbonyl (C=O) groups is 4. The molecule has 1 aromatic heterocycles. The zero-order chi connectivity index (χ0) is 29.0. The molecule has 39 heavy (non-hydrogen) atoms. The van der Waals surface area contributed by atoms with Crippen LogP contribution < -0.4 is 10.6 Å². The number of sulfone groups is 1. The second-order valence-electron chi connectivity index (χ2n) is 10.7. The van der Waals surface area contributed by atoms with Crippen LogP contribution in [0.25, 0.3) is 10.9 Å². The summed E-state index contributed by atoms with van der Waals surface area (Å²) in [5, 5.41) is 16.2. The predicted octanol–water partition coefficient (Wildman–Crippen LogP) is 1.89. The Hall–Kier alpha value is -3.80. The lowest BCUT2D eigenvalue weighted by Gasteiger charge is -2.35. The molecule has 3 rings (SSSR count). The third-order valence-electron chi connectivity index (χ3n) is 6.34. The zero-order valence-electron chi connectivity index (χ0n) is 22.4. The number of fused-ring (bicyclic) bond motifs is 1. The van der Waals surface area contributed by atoms with Crippen LogP contribution in [0, 0.1) is 5.41 Å². The Balaban J connectivity index is 1.79. The van der Waals surface area contributed by atoms with Crippen molar-refractivity contribution in [2.24, 2.45) is 5.41 Å². The number of nitrogens with one attached hydrogen (secondary N) is 2. The van der Waals surface area contributed by atoms with Gasteiger partial charge in [0.2, 0.25) is 11.8 Å². The van der Waals surface area contributed by atoms with Gasteiger partial charge in [0.1, 0.15) is 17.8 Å². The van der Waals surface area contributed by atoms with Crippen molar-refractivity contribution in [3.8, 4) is 0 Å². The number of aliphatic carboxylic acids is 1. The number of carboxylic acid groups (broad SMARTS) is 1. The van der Waals surface area contributed by atoms with Crippen molar-refractivity contribution < 1.29 is 32.7 Å². The number of carboxylic acids is 1. The molecular formula is C27H34N4O7S. The van der Waals surface area contributed by atoms with Crippen molar-refractivity contribution in [3.63, 3.8) is 0 Å². The fraction of sp³-hybridized carbons (Fsp3) is 0.444. The van der Waals surface area contributed by atoms with Gasteiger partial charge in [-0.15, -0.1) is 0 Å². The van der Waals surface area contributed by atoms with Gasteiger partial charge in [-0.25, -0.2) is 13.4 Å². The van der Waals surface area contributed by atoms with Crippen LogP contribution in [-0.2, 0) is 24.2 Å². The summed E-state index contributed by atoms with van der Waals surface area (Å²) >= 11 is 0. The maximum Gasteiger partial charge on any atom is 0.305 e. The van der Waals surface area contributed by atoms with Gasteiger partial charge < -0.3 is 20.6 Å². The molecule has 1 saturated heterocycles. The van der Waals surface area contributed by atoms with E-state index in [4.69, 9.17) is 0 Å². The predicted molar refractivity (Wildman–Crippen MR) is 145 cm³/mol. The summed E-state index contributed by atoms with van der Waals surface area (Å²) in [7, 11) is -3.54. The molecule has 0 spiro atoms. The SMILES string of the molecule is CC(C)(C)[C@H](NC(=O)c1ccc2ccccc2n1)C(=O)N1CCC[C@@H]1C(=O)N[C@H](C=CS(C)(=O)=O)CC(=O)O. The lowest BCUT2D eigenvalue weighted by Crippen LogP contribution is -2.58. The highest BCUT2D eigenvalue weighted by atomic mass is 32.2. The molecular weight excluding hydrogens is 524 g/mol. The second kappa shape index (κ2) is 11.9. The van der Waals surface area contributed by atoms with Gasteiger partial charge in [-0.05, 0) is 30.4 Å². The average molecular weight is 559 g/mol. The van der Waals surface area contributed by atoms with Crippen LogP contribution in [0.15, 0.2) is 47.9 Å². The number of pyridine rings is 1. The fourth-order valence-electron chi connectivity index (χ4n) is 4.39. The van der Waals surface area contributed by atoms with Gasteiger partial charge in [-0.1, -0.05) is 51.1 Å². The first-order valence-electron chi connectivity index (χ1n) is 12.5. The molecule has 0 bridgehead atoms. The van der Waals surface area contributed by atoms with Crippen molar-refractivity contribution in [2.75, 3.05) is 12.8 Å². The number of amides is 3. The quantitative estimate of drug-likeness (QED) is 0.420. The summed E-state index contributed by atoms with van der Waals surface area (Å²) in [4.78, 5) is 57.1. The van der Waals surface area contributed by atoms with E-state index in [2.05, 4.69) is 15.6 Å². The Morgan fingerprint density at radius 2 is 1.82 bits per heavy atom. The van der Waals surface area contributed by atoms with E-state index in [-0.39, 0.29) is 12.2 Å². The van der Waals surface area contributed by atoms with Gasteiger partial charge in [0, 0.05) is 23.6 Å². The number of likely N-dealkylation sites (tertiary alicyclic amines) is 1. The molecule has 1 aliphatic rings. The van der Waals surface area contributed by atoms with Crippen LogP contribution in [0.5, 0.6) is 0 Å². The Bertz CT molecular complexity index is 1400. The third kappa shape index (κ3) is 8.09. The maximum atomic E-state index is 13.7. The van der Waals surface area contributed by atoms with E-state index < -0.39 is 63.5 Å². The molecule has 1 fully saturated rings. The Labute approximate surface area is 227 Å². The largest absolute Gasteiger partial charge is 0.481 e. The number of hydrogen-bond acceptors (Lipinski definition) is 7. The molecule has 11 nitrogen and oxygen atoms in total. The number of para-hydroxylation sites is 1. The molecule has 0 radical (unpaired) electrons. The minimum absolute atomic E-state index is 0.153. The number of carbonyl (C=O) groups excluding carboxylic acids is 3. The topological polar surface area (TPSA) is 163 Å². The van der Waals surface area contributed by atoms with E-state index in [1.54, 1.807) is 39.0 Å². The van der Waals surface area contributed by atoms with E-state index >= 15 is 0 Å². The Morgan fingerprint density at radius 3 is 2.46 bits per heavy atom. The van der Waals surface area contributed by atoms with Crippen molar-refractivity contribution >= 4 is 44.4 Å².